The third kappa shape index (κ3) is 3.66. The fraction of sp³-hybridized carbons (Fsp3) is 0.400. The van der Waals surface area contributed by atoms with Crippen LogP contribution in [0.2, 0.25) is 0 Å². The molecule has 1 N–H and O–H groups in total. The normalized spacial score (nSPS) is 14.3. The minimum absolute atomic E-state index is 0.188. The summed E-state index contributed by atoms with van der Waals surface area (Å²) in [5.41, 5.74) is 1.96. The lowest BCUT2D eigenvalue weighted by Crippen LogP contribution is -2.15. The van der Waals surface area contributed by atoms with Gasteiger partial charge in [0, 0.05) is 37.0 Å². The van der Waals surface area contributed by atoms with Crippen molar-refractivity contribution in [2.75, 3.05) is 0 Å². The molecule has 1 saturated carbocycles. The fourth-order valence-electron chi connectivity index (χ4n) is 2.31. The van der Waals surface area contributed by atoms with Crippen LogP contribution in [0, 0.1) is 10.1 Å². The molecule has 1 aromatic carbocycles. The summed E-state index contributed by atoms with van der Waals surface area (Å²) in [6.45, 7) is 1.49. The number of benzene rings is 1. The Morgan fingerprint density at radius 1 is 1.38 bits per heavy atom. The van der Waals surface area contributed by atoms with Gasteiger partial charge in [0.1, 0.15) is 0 Å². The van der Waals surface area contributed by atoms with E-state index in [4.69, 9.17) is 0 Å². The van der Waals surface area contributed by atoms with E-state index >= 15 is 0 Å². The molecular weight excluding hydrogens is 268 g/mol. The van der Waals surface area contributed by atoms with Crippen molar-refractivity contribution in [3.63, 3.8) is 0 Å². The average Bonchev–Trinajstić information content (AvgIpc) is 3.21. The molecule has 2 aromatic rings. The summed E-state index contributed by atoms with van der Waals surface area (Å²) in [6.07, 6.45) is 6.95. The summed E-state index contributed by atoms with van der Waals surface area (Å²) in [7, 11) is 0. The maximum Gasteiger partial charge on any atom is 0.272 e. The van der Waals surface area contributed by atoms with E-state index in [1.54, 1.807) is 18.5 Å². The average molecular weight is 286 g/mol. The Morgan fingerprint density at radius 3 is 2.95 bits per heavy atom. The highest BCUT2D eigenvalue weighted by molar-refractivity contribution is 5.39. The SMILES string of the molecule is O=[N+]([O-])c1ccccc1CCn1cnc(CNC2CC2)c1. The van der Waals surface area contributed by atoms with Crippen LogP contribution in [0.4, 0.5) is 5.69 Å². The summed E-state index contributed by atoms with van der Waals surface area (Å²) in [6, 6.07) is 7.56. The number of hydrogen-bond donors (Lipinski definition) is 1. The molecule has 1 aliphatic rings. The Morgan fingerprint density at radius 2 is 2.19 bits per heavy atom. The first-order valence-corrected chi connectivity index (χ1v) is 7.19. The maximum atomic E-state index is 11.0. The monoisotopic (exact) mass is 286 g/mol. The lowest BCUT2D eigenvalue weighted by Gasteiger charge is -2.03. The summed E-state index contributed by atoms with van der Waals surface area (Å²) < 4.78 is 1.99. The lowest BCUT2D eigenvalue weighted by atomic mass is 10.1. The van der Waals surface area contributed by atoms with Gasteiger partial charge in [0.05, 0.1) is 16.9 Å². The van der Waals surface area contributed by atoms with E-state index in [2.05, 4.69) is 10.3 Å². The number of aromatic nitrogens is 2. The molecule has 0 spiro atoms. The molecule has 0 unspecified atom stereocenters. The van der Waals surface area contributed by atoms with Crippen molar-refractivity contribution >= 4 is 5.69 Å². The van der Waals surface area contributed by atoms with Crippen LogP contribution in [0.5, 0.6) is 0 Å². The van der Waals surface area contributed by atoms with Crippen LogP contribution in [-0.2, 0) is 19.5 Å². The van der Waals surface area contributed by atoms with E-state index in [-0.39, 0.29) is 10.6 Å². The summed E-state index contributed by atoms with van der Waals surface area (Å²) >= 11 is 0. The number of para-hydroxylation sites is 1. The second-order valence-corrected chi connectivity index (χ2v) is 5.39. The van der Waals surface area contributed by atoms with Gasteiger partial charge in [-0.15, -0.1) is 0 Å². The van der Waals surface area contributed by atoms with E-state index in [1.165, 1.54) is 12.8 Å². The fourth-order valence-corrected chi connectivity index (χ4v) is 2.31. The van der Waals surface area contributed by atoms with Crippen LogP contribution in [0.15, 0.2) is 36.8 Å². The first-order valence-electron chi connectivity index (χ1n) is 7.19. The third-order valence-electron chi connectivity index (χ3n) is 3.66. The highest BCUT2D eigenvalue weighted by Gasteiger charge is 2.20. The van der Waals surface area contributed by atoms with Crippen LogP contribution in [0.3, 0.4) is 0 Å². The molecule has 3 rings (SSSR count). The minimum atomic E-state index is -0.325. The molecule has 0 bridgehead atoms. The first kappa shape index (κ1) is 13.8. The van der Waals surface area contributed by atoms with Gasteiger partial charge in [-0.25, -0.2) is 4.98 Å². The molecular formula is C15H18N4O2. The Kier molecular flexibility index (Phi) is 3.96. The zero-order valence-electron chi connectivity index (χ0n) is 11.7. The Balaban J connectivity index is 1.58. The number of rotatable bonds is 7. The molecule has 6 heteroatoms. The maximum absolute atomic E-state index is 11.0. The largest absolute Gasteiger partial charge is 0.337 e. The molecule has 21 heavy (non-hydrogen) atoms. The first-order chi connectivity index (χ1) is 10.2. The predicted molar refractivity (Wildman–Crippen MR) is 78.9 cm³/mol. The molecule has 1 aliphatic carbocycles. The molecule has 110 valence electrons. The van der Waals surface area contributed by atoms with Gasteiger partial charge >= 0.3 is 0 Å². The third-order valence-corrected chi connectivity index (χ3v) is 3.66. The van der Waals surface area contributed by atoms with E-state index in [0.717, 1.165) is 17.8 Å². The van der Waals surface area contributed by atoms with Gasteiger partial charge in [-0.2, -0.15) is 0 Å². The molecule has 1 fully saturated rings. The second-order valence-electron chi connectivity index (χ2n) is 5.39. The summed E-state index contributed by atoms with van der Waals surface area (Å²) in [4.78, 5) is 15.0. The van der Waals surface area contributed by atoms with Gasteiger partial charge < -0.3 is 9.88 Å². The van der Waals surface area contributed by atoms with E-state index in [9.17, 15) is 10.1 Å². The minimum Gasteiger partial charge on any atom is -0.337 e. The Hall–Kier alpha value is -2.21. The van der Waals surface area contributed by atoms with Crippen LogP contribution < -0.4 is 5.32 Å². The Labute approximate surface area is 123 Å². The number of aryl methyl sites for hydroxylation is 2. The topological polar surface area (TPSA) is 73.0 Å². The number of nitrogens with one attached hydrogen (secondary N) is 1. The number of nitro groups is 1. The molecule has 1 heterocycles. The van der Waals surface area contributed by atoms with Gasteiger partial charge in [0.25, 0.3) is 5.69 Å². The van der Waals surface area contributed by atoms with Crippen molar-refractivity contribution in [1.29, 1.82) is 0 Å². The van der Waals surface area contributed by atoms with E-state index in [1.807, 2.05) is 22.9 Å². The highest BCUT2D eigenvalue weighted by Crippen LogP contribution is 2.20. The number of hydrogen-bond acceptors (Lipinski definition) is 4. The highest BCUT2D eigenvalue weighted by atomic mass is 16.6. The second kappa shape index (κ2) is 6.05. The van der Waals surface area contributed by atoms with Crippen molar-refractivity contribution < 1.29 is 4.92 Å². The van der Waals surface area contributed by atoms with Gasteiger partial charge in [0.15, 0.2) is 0 Å². The van der Waals surface area contributed by atoms with Gasteiger partial charge in [0.2, 0.25) is 0 Å². The molecule has 0 atom stereocenters. The number of nitrogens with zero attached hydrogens (tertiary/aromatic N) is 3. The van der Waals surface area contributed by atoms with Gasteiger partial charge in [-0.05, 0) is 19.3 Å². The van der Waals surface area contributed by atoms with Crippen LogP contribution >= 0.6 is 0 Å². The predicted octanol–water partition coefficient (Wildman–Crippen LogP) is 2.29. The van der Waals surface area contributed by atoms with E-state index < -0.39 is 0 Å². The van der Waals surface area contributed by atoms with Crippen LogP contribution in [0.1, 0.15) is 24.1 Å². The molecule has 0 saturated heterocycles. The lowest BCUT2D eigenvalue weighted by molar-refractivity contribution is -0.385. The molecule has 0 radical (unpaired) electrons. The van der Waals surface area contributed by atoms with Crippen LogP contribution in [0.25, 0.3) is 0 Å². The van der Waals surface area contributed by atoms with Crippen molar-refractivity contribution in [1.82, 2.24) is 14.9 Å². The summed E-state index contributed by atoms with van der Waals surface area (Å²) in [5.74, 6) is 0. The Bertz CT molecular complexity index is 634. The molecule has 0 aliphatic heterocycles. The van der Waals surface area contributed by atoms with Crippen molar-refractivity contribution in [3.05, 3.63) is 58.2 Å². The zero-order chi connectivity index (χ0) is 14.7. The molecule has 6 nitrogen and oxygen atoms in total. The van der Waals surface area contributed by atoms with Crippen LogP contribution in [-0.4, -0.2) is 20.5 Å². The van der Waals surface area contributed by atoms with Gasteiger partial charge in [-0.3, -0.25) is 10.1 Å². The number of nitro benzene ring substituents is 1. The molecule has 1 aromatic heterocycles. The van der Waals surface area contributed by atoms with Crippen molar-refractivity contribution in [2.45, 2.75) is 38.4 Å². The molecule has 0 amide bonds. The smallest absolute Gasteiger partial charge is 0.272 e. The summed E-state index contributed by atoms with van der Waals surface area (Å²) in [5, 5.41) is 14.4. The zero-order valence-corrected chi connectivity index (χ0v) is 11.7. The van der Waals surface area contributed by atoms with E-state index in [0.29, 0.717) is 19.0 Å². The van der Waals surface area contributed by atoms with Crippen molar-refractivity contribution in [3.8, 4) is 0 Å². The van der Waals surface area contributed by atoms with Crippen molar-refractivity contribution in [2.24, 2.45) is 0 Å². The number of imidazole rings is 1. The van der Waals surface area contributed by atoms with Gasteiger partial charge in [-0.1, -0.05) is 18.2 Å². The quantitative estimate of drug-likeness (QED) is 0.626. The standard InChI is InChI=1S/C15H18N4O2/c20-19(21)15-4-2-1-3-12(15)7-8-18-10-14(17-11-18)9-16-13-5-6-13/h1-4,10-11,13,16H,5-9H2.